The molecule has 7 nitrogen and oxygen atoms in total. The molecular weight excluding hydrogens is 442 g/mol. The van der Waals surface area contributed by atoms with Crippen LogP contribution in [0.4, 0.5) is 0 Å². The SMILES string of the molecule is O=C(c1ccc(C(=O)N2C3CCC2COC3)cc1)N1CC[C@@H](N2CCc3ccccc3C2)[C@H](O)C1. The lowest BCUT2D eigenvalue weighted by atomic mass is 9.94. The van der Waals surface area contributed by atoms with Crippen LogP contribution >= 0.6 is 0 Å². The van der Waals surface area contributed by atoms with Crippen LogP contribution in [0.2, 0.25) is 0 Å². The summed E-state index contributed by atoms with van der Waals surface area (Å²) >= 11 is 0. The zero-order valence-corrected chi connectivity index (χ0v) is 20.0. The average Bonchev–Trinajstić information content (AvgIpc) is 3.15. The van der Waals surface area contributed by atoms with Crippen LogP contribution in [-0.2, 0) is 17.7 Å². The molecule has 3 saturated heterocycles. The summed E-state index contributed by atoms with van der Waals surface area (Å²) in [5.74, 6) is -0.0592. The Balaban J connectivity index is 1.08. The number of ether oxygens (including phenoxy) is 1. The van der Waals surface area contributed by atoms with Crippen molar-refractivity contribution >= 4 is 11.8 Å². The molecular formula is C28H33N3O4. The van der Waals surface area contributed by atoms with Crippen molar-refractivity contribution in [1.29, 1.82) is 0 Å². The molecule has 6 rings (SSSR count). The highest BCUT2D eigenvalue weighted by Crippen LogP contribution is 2.30. The maximum Gasteiger partial charge on any atom is 0.254 e. The molecule has 0 saturated carbocycles. The summed E-state index contributed by atoms with van der Waals surface area (Å²) in [6.45, 7) is 3.97. The normalized spacial score (nSPS) is 28.6. The van der Waals surface area contributed by atoms with Gasteiger partial charge in [0.15, 0.2) is 0 Å². The minimum Gasteiger partial charge on any atom is -0.390 e. The lowest BCUT2D eigenvalue weighted by molar-refractivity contribution is -0.0137. The van der Waals surface area contributed by atoms with E-state index in [2.05, 4.69) is 29.2 Å². The predicted molar refractivity (Wildman–Crippen MR) is 131 cm³/mol. The number of carbonyl (C=O) groups excluding carboxylic acids is 2. The van der Waals surface area contributed by atoms with Gasteiger partial charge in [0, 0.05) is 43.3 Å². The molecule has 35 heavy (non-hydrogen) atoms. The summed E-state index contributed by atoms with van der Waals surface area (Å²) < 4.78 is 5.59. The number of nitrogens with zero attached hydrogens (tertiary/aromatic N) is 3. The van der Waals surface area contributed by atoms with Crippen molar-refractivity contribution in [3.8, 4) is 0 Å². The number of hydrogen-bond donors (Lipinski definition) is 1. The Labute approximate surface area is 206 Å². The van der Waals surface area contributed by atoms with E-state index in [1.807, 2.05) is 4.90 Å². The third-order valence-electron chi connectivity index (χ3n) is 8.32. The lowest BCUT2D eigenvalue weighted by Gasteiger charge is -2.43. The summed E-state index contributed by atoms with van der Waals surface area (Å²) in [6.07, 6.45) is 3.17. The van der Waals surface area contributed by atoms with Gasteiger partial charge in [-0.3, -0.25) is 14.5 Å². The van der Waals surface area contributed by atoms with Crippen molar-refractivity contribution in [1.82, 2.24) is 14.7 Å². The van der Waals surface area contributed by atoms with E-state index in [1.54, 1.807) is 29.2 Å². The van der Waals surface area contributed by atoms with Crippen molar-refractivity contribution in [2.75, 3.05) is 32.8 Å². The molecule has 0 spiro atoms. The number of benzene rings is 2. The first-order valence-corrected chi connectivity index (χ1v) is 12.9. The third kappa shape index (κ3) is 4.26. The van der Waals surface area contributed by atoms with Crippen LogP contribution in [0.25, 0.3) is 0 Å². The molecule has 2 aromatic rings. The number of aliphatic hydroxyl groups is 1. The van der Waals surface area contributed by atoms with Gasteiger partial charge in [0.25, 0.3) is 11.8 Å². The molecule has 1 N–H and O–H groups in total. The largest absolute Gasteiger partial charge is 0.390 e. The molecule has 2 bridgehead atoms. The van der Waals surface area contributed by atoms with E-state index in [4.69, 9.17) is 4.74 Å². The standard InChI is InChI=1S/C28H33N3O4/c32-26-16-30(14-12-25(26)29-13-11-19-3-1-2-4-22(19)15-29)27(33)20-5-7-21(8-6-20)28(34)31-23-9-10-24(31)18-35-17-23/h1-8,23-26,32H,9-18H2/t23?,24?,25-,26-/m1/s1. The highest BCUT2D eigenvalue weighted by Gasteiger charge is 2.41. The van der Waals surface area contributed by atoms with Gasteiger partial charge in [0.1, 0.15) is 0 Å². The molecule has 3 fully saturated rings. The Morgan fingerprint density at radius 2 is 1.49 bits per heavy atom. The summed E-state index contributed by atoms with van der Waals surface area (Å²) in [6, 6.07) is 15.9. The van der Waals surface area contributed by atoms with Crippen LogP contribution in [-0.4, -0.2) is 88.7 Å². The van der Waals surface area contributed by atoms with Crippen molar-refractivity contribution in [3.05, 3.63) is 70.8 Å². The van der Waals surface area contributed by atoms with Crippen LogP contribution in [0.3, 0.4) is 0 Å². The number of piperidine rings is 1. The fourth-order valence-corrected chi connectivity index (χ4v) is 6.38. The van der Waals surface area contributed by atoms with Crippen LogP contribution in [0, 0.1) is 0 Å². The van der Waals surface area contributed by atoms with E-state index >= 15 is 0 Å². The Hall–Kier alpha value is -2.74. The van der Waals surface area contributed by atoms with Crippen LogP contribution in [0.1, 0.15) is 51.1 Å². The molecule has 4 aliphatic rings. The molecule has 4 heterocycles. The number of aliphatic hydroxyl groups excluding tert-OH is 1. The predicted octanol–water partition coefficient (Wildman–Crippen LogP) is 2.32. The smallest absolute Gasteiger partial charge is 0.254 e. The molecule has 0 aliphatic carbocycles. The summed E-state index contributed by atoms with van der Waals surface area (Å²) in [4.78, 5) is 32.4. The molecule has 4 aliphatic heterocycles. The van der Waals surface area contributed by atoms with E-state index in [1.165, 1.54) is 11.1 Å². The quantitative estimate of drug-likeness (QED) is 0.738. The Kier molecular flexibility index (Phi) is 6.08. The molecule has 7 heteroatoms. The van der Waals surface area contributed by atoms with Gasteiger partial charge in [-0.1, -0.05) is 24.3 Å². The van der Waals surface area contributed by atoms with Gasteiger partial charge in [-0.05, 0) is 61.1 Å². The van der Waals surface area contributed by atoms with Gasteiger partial charge in [0.2, 0.25) is 0 Å². The Morgan fingerprint density at radius 3 is 2.17 bits per heavy atom. The van der Waals surface area contributed by atoms with E-state index in [-0.39, 0.29) is 29.9 Å². The molecule has 0 aromatic heterocycles. The van der Waals surface area contributed by atoms with E-state index in [0.717, 1.165) is 38.8 Å². The summed E-state index contributed by atoms with van der Waals surface area (Å²) in [5.41, 5.74) is 3.91. The van der Waals surface area contributed by atoms with E-state index in [9.17, 15) is 14.7 Å². The van der Waals surface area contributed by atoms with Gasteiger partial charge in [0.05, 0.1) is 31.4 Å². The zero-order chi connectivity index (χ0) is 23.9. The molecule has 184 valence electrons. The first-order valence-electron chi connectivity index (χ1n) is 12.9. The number of morpholine rings is 1. The molecule has 0 radical (unpaired) electrons. The Bertz CT molecular complexity index is 1090. The Morgan fingerprint density at radius 1 is 0.829 bits per heavy atom. The first kappa shape index (κ1) is 22.7. The average molecular weight is 476 g/mol. The van der Waals surface area contributed by atoms with E-state index in [0.29, 0.717) is 37.4 Å². The number of likely N-dealkylation sites (tertiary alicyclic amines) is 1. The summed E-state index contributed by atoms with van der Waals surface area (Å²) in [7, 11) is 0. The number of β-amino-alcohol motifs (C(OH)–C–C–N with tert-alkyl or cyclic N) is 1. The van der Waals surface area contributed by atoms with Gasteiger partial charge in [-0.25, -0.2) is 0 Å². The minimum atomic E-state index is -0.574. The molecule has 4 atom stereocenters. The number of rotatable bonds is 3. The number of fused-ring (bicyclic) bond motifs is 3. The molecule has 2 amide bonds. The van der Waals surface area contributed by atoms with Crippen LogP contribution < -0.4 is 0 Å². The van der Waals surface area contributed by atoms with Crippen molar-refractivity contribution in [3.63, 3.8) is 0 Å². The van der Waals surface area contributed by atoms with Crippen molar-refractivity contribution in [2.24, 2.45) is 0 Å². The van der Waals surface area contributed by atoms with Crippen molar-refractivity contribution in [2.45, 2.75) is 56.5 Å². The second-order valence-corrected chi connectivity index (χ2v) is 10.4. The molecule has 2 unspecified atom stereocenters. The molecule has 2 aromatic carbocycles. The monoisotopic (exact) mass is 475 g/mol. The zero-order valence-electron chi connectivity index (χ0n) is 20.0. The first-order chi connectivity index (χ1) is 17.1. The van der Waals surface area contributed by atoms with Crippen LogP contribution in [0.15, 0.2) is 48.5 Å². The fraction of sp³-hybridized carbons (Fsp3) is 0.500. The minimum absolute atomic E-state index is 0.0270. The second kappa shape index (κ2) is 9.37. The van der Waals surface area contributed by atoms with Gasteiger partial charge < -0.3 is 19.6 Å². The van der Waals surface area contributed by atoms with Crippen LogP contribution in [0.5, 0.6) is 0 Å². The highest BCUT2D eigenvalue weighted by atomic mass is 16.5. The second-order valence-electron chi connectivity index (χ2n) is 10.4. The lowest BCUT2D eigenvalue weighted by Crippen LogP contribution is -2.56. The number of hydrogen-bond acceptors (Lipinski definition) is 5. The van der Waals surface area contributed by atoms with Crippen molar-refractivity contribution < 1.29 is 19.4 Å². The van der Waals surface area contributed by atoms with Gasteiger partial charge in [-0.15, -0.1) is 0 Å². The number of amides is 2. The van der Waals surface area contributed by atoms with Gasteiger partial charge in [-0.2, -0.15) is 0 Å². The highest BCUT2D eigenvalue weighted by molar-refractivity contribution is 5.98. The third-order valence-corrected chi connectivity index (χ3v) is 8.32. The maximum atomic E-state index is 13.2. The maximum absolute atomic E-state index is 13.2. The fourth-order valence-electron chi connectivity index (χ4n) is 6.38. The summed E-state index contributed by atoms with van der Waals surface area (Å²) in [5, 5.41) is 11.0. The number of carbonyl (C=O) groups is 2. The van der Waals surface area contributed by atoms with E-state index < -0.39 is 6.10 Å². The topological polar surface area (TPSA) is 73.3 Å². The van der Waals surface area contributed by atoms with Gasteiger partial charge >= 0.3 is 0 Å².